The van der Waals surface area contributed by atoms with Crippen LogP contribution < -0.4 is 27.4 Å². The molecule has 0 aliphatic heterocycles. The zero-order valence-electron chi connectivity index (χ0n) is 22.3. The summed E-state index contributed by atoms with van der Waals surface area (Å²) in [6.07, 6.45) is -2.12. The number of carbonyl (C=O) groups is 5. The summed E-state index contributed by atoms with van der Waals surface area (Å²) in [7, 11) is 0. The van der Waals surface area contributed by atoms with Crippen LogP contribution >= 0.6 is 0 Å². The molecule has 0 saturated heterocycles. The number of aliphatic hydroxyl groups is 1. The summed E-state index contributed by atoms with van der Waals surface area (Å²) in [5.41, 5.74) is 12.3. The number of hydrogen-bond acceptors (Lipinski definition) is 9. The van der Waals surface area contributed by atoms with Crippen LogP contribution in [0.2, 0.25) is 0 Å². The van der Waals surface area contributed by atoms with Gasteiger partial charge in [-0.1, -0.05) is 24.3 Å². The van der Waals surface area contributed by atoms with Crippen molar-refractivity contribution in [1.29, 1.82) is 0 Å². The van der Waals surface area contributed by atoms with Crippen molar-refractivity contribution in [2.45, 2.75) is 62.9 Å². The summed E-state index contributed by atoms with van der Waals surface area (Å²) in [6.45, 7) is 1.20. The Hall–Kier alpha value is -4.69. The lowest BCUT2D eigenvalue weighted by molar-refractivity contribution is -0.143. The molecule has 0 radical (unpaired) electrons. The molecule has 0 aliphatic rings. The Labute approximate surface area is 235 Å². The van der Waals surface area contributed by atoms with E-state index in [4.69, 9.17) is 11.5 Å². The van der Waals surface area contributed by atoms with Gasteiger partial charge >= 0.3 is 5.97 Å². The molecule has 4 amide bonds. The Bertz CT molecular complexity index is 1220. The van der Waals surface area contributed by atoms with Gasteiger partial charge < -0.3 is 47.8 Å². The standard InChI is InChI=1S/C27H35N5O9/c1-14(33)23(26(39)31-21(27(40)41)13-16-4-8-18(35)9-5-16)32-25(38)20(10-11-22(29)36)30-24(37)19(28)12-15-2-6-17(34)7-3-15/h2-9,14,19-21,23,33-35H,10-13,28H2,1H3,(H2,29,36)(H,30,37)(H,31,39)(H,32,38)(H,40,41). The molecule has 0 aromatic heterocycles. The van der Waals surface area contributed by atoms with Crippen molar-refractivity contribution in [1.82, 2.24) is 16.0 Å². The van der Waals surface area contributed by atoms with E-state index in [1.54, 1.807) is 12.1 Å². The first-order chi connectivity index (χ1) is 19.3. The van der Waals surface area contributed by atoms with Crippen molar-refractivity contribution in [2.75, 3.05) is 0 Å². The zero-order valence-corrected chi connectivity index (χ0v) is 22.3. The maximum Gasteiger partial charge on any atom is 0.326 e. The Morgan fingerprint density at radius 3 is 1.71 bits per heavy atom. The van der Waals surface area contributed by atoms with Gasteiger partial charge in [0.05, 0.1) is 12.1 Å². The highest BCUT2D eigenvalue weighted by molar-refractivity contribution is 5.94. The fraction of sp³-hybridized carbons (Fsp3) is 0.370. The number of aromatic hydroxyl groups is 2. The molecule has 14 nitrogen and oxygen atoms in total. The molecule has 0 spiro atoms. The molecule has 0 fully saturated rings. The minimum Gasteiger partial charge on any atom is -0.508 e. The smallest absolute Gasteiger partial charge is 0.326 e. The van der Waals surface area contributed by atoms with Crippen LogP contribution in [-0.2, 0) is 36.8 Å². The second-order valence-electron chi connectivity index (χ2n) is 9.54. The number of primary amides is 1. The fourth-order valence-electron chi connectivity index (χ4n) is 3.80. The average Bonchev–Trinajstić information content (AvgIpc) is 2.90. The minimum atomic E-state index is -1.62. The second-order valence-corrected chi connectivity index (χ2v) is 9.54. The van der Waals surface area contributed by atoms with Crippen LogP contribution in [0.5, 0.6) is 11.5 Å². The molecule has 5 unspecified atom stereocenters. The number of benzene rings is 2. The topological polar surface area (TPSA) is 254 Å². The van der Waals surface area contributed by atoms with Crippen molar-refractivity contribution in [3.05, 3.63) is 59.7 Å². The van der Waals surface area contributed by atoms with Crippen molar-refractivity contribution in [3.8, 4) is 11.5 Å². The number of hydrogen-bond donors (Lipinski definition) is 9. The first-order valence-electron chi connectivity index (χ1n) is 12.7. The van der Waals surface area contributed by atoms with Crippen molar-refractivity contribution in [2.24, 2.45) is 11.5 Å². The predicted molar refractivity (Wildman–Crippen MR) is 145 cm³/mol. The van der Waals surface area contributed by atoms with Crippen LogP contribution in [0.15, 0.2) is 48.5 Å². The number of amides is 4. The Kier molecular flexibility index (Phi) is 12.0. The van der Waals surface area contributed by atoms with Crippen LogP contribution in [0.4, 0.5) is 0 Å². The number of nitrogens with one attached hydrogen (secondary N) is 3. The molecule has 222 valence electrons. The number of nitrogens with two attached hydrogens (primary N) is 2. The third-order valence-electron chi connectivity index (χ3n) is 6.09. The molecular weight excluding hydrogens is 538 g/mol. The highest BCUT2D eigenvalue weighted by Crippen LogP contribution is 2.13. The maximum atomic E-state index is 13.1. The summed E-state index contributed by atoms with van der Waals surface area (Å²) in [6, 6.07) is 6.09. The summed E-state index contributed by atoms with van der Waals surface area (Å²) in [5.74, 6) is -4.83. The molecule has 0 heterocycles. The van der Waals surface area contributed by atoms with Crippen LogP contribution in [0, 0.1) is 0 Å². The lowest BCUT2D eigenvalue weighted by Gasteiger charge is -2.26. The molecule has 2 aromatic rings. The highest BCUT2D eigenvalue weighted by atomic mass is 16.4. The number of rotatable bonds is 15. The molecule has 2 rings (SSSR count). The van der Waals surface area contributed by atoms with Crippen molar-refractivity contribution >= 4 is 29.6 Å². The fourth-order valence-corrected chi connectivity index (χ4v) is 3.80. The summed E-state index contributed by atoms with van der Waals surface area (Å²) in [4.78, 5) is 61.9. The predicted octanol–water partition coefficient (Wildman–Crippen LogP) is -1.60. The number of phenols is 2. The van der Waals surface area contributed by atoms with Gasteiger partial charge in [0.15, 0.2) is 0 Å². The van der Waals surface area contributed by atoms with Gasteiger partial charge in [-0.2, -0.15) is 0 Å². The number of aliphatic carboxylic acids is 1. The van der Waals surface area contributed by atoms with Crippen LogP contribution in [-0.4, -0.2) is 80.3 Å². The zero-order chi connectivity index (χ0) is 30.7. The van der Waals surface area contributed by atoms with E-state index in [1.165, 1.54) is 43.3 Å². The van der Waals surface area contributed by atoms with Crippen LogP contribution in [0.3, 0.4) is 0 Å². The Morgan fingerprint density at radius 1 is 0.756 bits per heavy atom. The lowest BCUT2D eigenvalue weighted by atomic mass is 10.0. The third-order valence-corrected chi connectivity index (χ3v) is 6.09. The van der Waals surface area contributed by atoms with E-state index in [9.17, 15) is 44.4 Å². The van der Waals surface area contributed by atoms with Gasteiger partial charge in [0.2, 0.25) is 23.6 Å². The highest BCUT2D eigenvalue weighted by Gasteiger charge is 2.33. The van der Waals surface area contributed by atoms with Gasteiger partial charge in [-0.3, -0.25) is 19.2 Å². The summed E-state index contributed by atoms with van der Waals surface area (Å²) >= 11 is 0. The quantitative estimate of drug-likeness (QED) is 0.118. The lowest BCUT2D eigenvalue weighted by Crippen LogP contribution is -2.60. The summed E-state index contributed by atoms with van der Waals surface area (Å²) in [5, 5.41) is 45.6. The minimum absolute atomic E-state index is 0.0270. The van der Waals surface area contributed by atoms with E-state index in [-0.39, 0.29) is 37.2 Å². The molecule has 0 saturated carbocycles. The van der Waals surface area contributed by atoms with Gasteiger partial charge in [-0.15, -0.1) is 0 Å². The SMILES string of the molecule is CC(O)C(NC(=O)C(CCC(N)=O)NC(=O)C(N)Cc1ccc(O)cc1)C(=O)NC(Cc1ccc(O)cc1)C(=O)O. The summed E-state index contributed by atoms with van der Waals surface area (Å²) < 4.78 is 0. The number of carboxylic acids is 1. The van der Waals surface area contributed by atoms with Gasteiger partial charge in [0.1, 0.15) is 29.6 Å². The normalized spacial score (nSPS) is 14.5. The van der Waals surface area contributed by atoms with Crippen molar-refractivity contribution in [3.63, 3.8) is 0 Å². The van der Waals surface area contributed by atoms with E-state index in [1.807, 2.05) is 0 Å². The first-order valence-corrected chi connectivity index (χ1v) is 12.7. The van der Waals surface area contributed by atoms with E-state index in [0.717, 1.165) is 0 Å². The molecule has 14 heteroatoms. The van der Waals surface area contributed by atoms with Gasteiger partial charge in [-0.25, -0.2) is 4.79 Å². The largest absolute Gasteiger partial charge is 0.508 e. The number of phenolic OH excluding ortho intramolecular Hbond substituents is 2. The van der Waals surface area contributed by atoms with Crippen LogP contribution in [0.25, 0.3) is 0 Å². The molecule has 41 heavy (non-hydrogen) atoms. The number of carboxylic acid groups (broad SMARTS) is 1. The molecule has 0 aliphatic carbocycles. The molecule has 11 N–H and O–H groups in total. The maximum absolute atomic E-state index is 13.1. The number of aliphatic hydroxyl groups excluding tert-OH is 1. The first kappa shape index (κ1) is 32.5. The van der Waals surface area contributed by atoms with Gasteiger partial charge in [0.25, 0.3) is 0 Å². The Morgan fingerprint density at radius 2 is 1.24 bits per heavy atom. The monoisotopic (exact) mass is 573 g/mol. The van der Waals surface area contributed by atoms with E-state index in [2.05, 4.69) is 16.0 Å². The molecule has 2 aromatic carbocycles. The molecular formula is C27H35N5O9. The third kappa shape index (κ3) is 10.8. The molecule has 5 atom stereocenters. The Balaban J connectivity index is 2.12. The second kappa shape index (κ2) is 15.2. The number of carbonyl (C=O) groups excluding carboxylic acids is 4. The average molecular weight is 574 g/mol. The molecule has 0 bridgehead atoms. The van der Waals surface area contributed by atoms with Crippen LogP contribution in [0.1, 0.15) is 30.9 Å². The van der Waals surface area contributed by atoms with E-state index in [0.29, 0.717) is 11.1 Å². The van der Waals surface area contributed by atoms with E-state index < -0.39 is 59.9 Å². The van der Waals surface area contributed by atoms with Gasteiger partial charge in [0, 0.05) is 12.8 Å². The van der Waals surface area contributed by atoms with Gasteiger partial charge in [-0.05, 0) is 55.2 Å². The van der Waals surface area contributed by atoms with E-state index >= 15 is 0 Å². The van der Waals surface area contributed by atoms with Crippen molar-refractivity contribution < 1.29 is 44.4 Å².